The van der Waals surface area contributed by atoms with E-state index in [9.17, 15) is 9.59 Å². The third-order valence-corrected chi connectivity index (χ3v) is 2.86. The second-order valence-electron chi connectivity index (χ2n) is 4.82. The molecule has 0 unspecified atom stereocenters. The van der Waals surface area contributed by atoms with Crippen LogP contribution in [0, 0.1) is 0 Å². The summed E-state index contributed by atoms with van der Waals surface area (Å²) in [5.41, 5.74) is 1.00. The minimum atomic E-state index is -0.581. The maximum atomic E-state index is 12.1. The monoisotopic (exact) mass is 263 g/mol. The number of hydrogen-bond acceptors (Lipinski definition) is 3. The van der Waals surface area contributed by atoms with Crippen LogP contribution in [0.15, 0.2) is 30.3 Å². The zero-order chi connectivity index (χ0) is 14.4. The van der Waals surface area contributed by atoms with E-state index in [1.165, 1.54) is 11.8 Å². The first-order chi connectivity index (χ1) is 8.91. The lowest BCUT2D eigenvalue weighted by molar-refractivity contribution is -0.156. The average Bonchev–Trinajstić information content (AvgIpc) is 2.35. The van der Waals surface area contributed by atoms with Crippen LogP contribution in [0.1, 0.15) is 26.3 Å². The zero-order valence-corrected chi connectivity index (χ0v) is 11.9. The van der Waals surface area contributed by atoms with Crippen molar-refractivity contribution in [2.75, 3.05) is 7.05 Å². The van der Waals surface area contributed by atoms with Gasteiger partial charge >= 0.3 is 5.97 Å². The van der Waals surface area contributed by atoms with Crippen molar-refractivity contribution >= 4 is 11.9 Å². The molecule has 0 saturated heterocycles. The summed E-state index contributed by atoms with van der Waals surface area (Å²) in [4.78, 5) is 25.0. The van der Waals surface area contributed by atoms with Crippen LogP contribution >= 0.6 is 0 Å². The van der Waals surface area contributed by atoms with Crippen LogP contribution in [-0.2, 0) is 20.7 Å². The zero-order valence-electron chi connectivity index (χ0n) is 11.9. The first-order valence-corrected chi connectivity index (χ1v) is 6.39. The molecule has 0 saturated carbocycles. The molecule has 1 rings (SSSR count). The van der Waals surface area contributed by atoms with Gasteiger partial charge in [-0.15, -0.1) is 0 Å². The molecule has 0 aliphatic carbocycles. The number of rotatable bonds is 5. The van der Waals surface area contributed by atoms with Crippen molar-refractivity contribution in [1.29, 1.82) is 0 Å². The summed E-state index contributed by atoms with van der Waals surface area (Å²) < 4.78 is 5.22. The molecule has 0 fully saturated rings. The van der Waals surface area contributed by atoms with Gasteiger partial charge in [0.05, 0.1) is 6.10 Å². The Morgan fingerprint density at radius 1 is 1.21 bits per heavy atom. The number of carbonyl (C=O) groups is 2. The van der Waals surface area contributed by atoms with Gasteiger partial charge in [-0.25, -0.2) is 4.79 Å². The minimum absolute atomic E-state index is 0.151. The fourth-order valence-electron chi connectivity index (χ4n) is 1.75. The Balaban J connectivity index is 2.86. The summed E-state index contributed by atoms with van der Waals surface area (Å²) in [6, 6.07) is 9.02. The fourth-order valence-corrected chi connectivity index (χ4v) is 1.75. The molecule has 0 aliphatic heterocycles. The number of esters is 1. The van der Waals surface area contributed by atoms with Crippen LogP contribution in [-0.4, -0.2) is 36.0 Å². The van der Waals surface area contributed by atoms with Crippen LogP contribution in [0.2, 0.25) is 0 Å². The van der Waals surface area contributed by atoms with Crippen LogP contribution in [0.25, 0.3) is 0 Å². The number of benzene rings is 1. The van der Waals surface area contributed by atoms with Crippen LogP contribution < -0.4 is 0 Å². The third-order valence-electron chi connectivity index (χ3n) is 2.86. The lowest BCUT2D eigenvalue weighted by Gasteiger charge is -2.26. The Bertz CT molecular complexity index is 428. The maximum absolute atomic E-state index is 12.1. The van der Waals surface area contributed by atoms with Gasteiger partial charge in [-0.2, -0.15) is 0 Å². The number of ether oxygens (including phenoxy) is 1. The number of carbonyl (C=O) groups excluding carboxylic acids is 2. The van der Waals surface area contributed by atoms with E-state index < -0.39 is 6.04 Å². The molecule has 4 heteroatoms. The van der Waals surface area contributed by atoms with Gasteiger partial charge in [0.15, 0.2) is 0 Å². The highest BCUT2D eigenvalue weighted by molar-refractivity contribution is 5.83. The van der Waals surface area contributed by atoms with E-state index >= 15 is 0 Å². The van der Waals surface area contributed by atoms with Gasteiger partial charge < -0.3 is 9.64 Å². The van der Waals surface area contributed by atoms with E-state index in [4.69, 9.17) is 4.74 Å². The van der Waals surface area contributed by atoms with Crippen molar-refractivity contribution in [2.45, 2.75) is 39.3 Å². The topological polar surface area (TPSA) is 46.6 Å². The first-order valence-electron chi connectivity index (χ1n) is 6.39. The predicted molar refractivity (Wildman–Crippen MR) is 73.6 cm³/mol. The van der Waals surface area contributed by atoms with Gasteiger partial charge in [-0.05, 0) is 19.4 Å². The second kappa shape index (κ2) is 6.92. The third kappa shape index (κ3) is 4.73. The van der Waals surface area contributed by atoms with Crippen molar-refractivity contribution in [3.8, 4) is 0 Å². The van der Waals surface area contributed by atoms with Gasteiger partial charge in [-0.3, -0.25) is 4.79 Å². The molecule has 0 spiro atoms. The van der Waals surface area contributed by atoms with E-state index in [2.05, 4.69) is 0 Å². The standard InChI is InChI=1S/C15H21NO3/c1-11(2)19-15(18)14(16(4)12(3)17)10-13-8-6-5-7-9-13/h5-9,11,14H,10H2,1-4H3/t14-/m0/s1. The fraction of sp³-hybridized carbons (Fsp3) is 0.467. The van der Waals surface area contributed by atoms with Gasteiger partial charge in [-0.1, -0.05) is 30.3 Å². The summed E-state index contributed by atoms with van der Waals surface area (Å²) in [7, 11) is 1.62. The molecule has 1 aromatic carbocycles. The molecular formula is C15H21NO3. The Kier molecular flexibility index (Phi) is 5.55. The molecule has 104 valence electrons. The second-order valence-corrected chi connectivity index (χ2v) is 4.82. The lowest BCUT2D eigenvalue weighted by atomic mass is 10.0. The van der Waals surface area contributed by atoms with Gasteiger partial charge in [0, 0.05) is 20.4 Å². The molecule has 0 radical (unpaired) electrons. The van der Waals surface area contributed by atoms with Gasteiger partial charge in [0.25, 0.3) is 0 Å². The minimum Gasteiger partial charge on any atom is -0.461 e. The molecule has 1 aromatic rings. The van der Waals surface area contributed by atoms with Crippen molar-refractivity contribution < 1.29 is 14.3 Å². The SMILES string of the molecule is CC(=O)N(C)[C@@H](Cc1ccccc1)C(=O)OC(C)C. The molecule has 0 aromatic heterocycles. The average molecular weight is 263 g/mol. The molecule has 1 atom stereocenters. The largest absolute Gasteiger partial charge is 0.461 e. The van der Waals surface area contributed by atoms with Crippen molar-refractivity contribution in [3.05, 3.63) is 35.9 Å². The molecule has 0 heterocycles. The number of likely N-dealkylation sites (N-methyl/N-ethyl adjacent to an activating group) is 1. The molecule has 1 amide bonds. The van der Waals surface area contributed by atoms with Crippen LogP contribution in [0.4, 0.5) is 0 Å². The molecule has 4 nitrogen and oxygen atoms in total. The van der Waals surface area contributed by atoms with E-state index in [0.29, 0.717) is 6.42 Å². The highest BCUT2D eigenvalue weighted by atomic mass is 16.5. The normalized spacial score (nSPS) is 12.1. The Labute approximate surface area is 114 Å². The van der Waals surface area contributed by atoms with Crippen molar-refractivity contribution in [1.82, 2.24) is 4.90 Å². The van der Waals surface area contributed by atoms with E-state index in [0.717, 1.165) is 5.56 Å². The van der Waals surface area contributed by atoms with Crippen LogP contribution in [0.5, 0.6) is 0 Å². The molecule has 19 heavy (non-hydrogen) atoms. The highest BCUT2D eigenvalue weighted by Gasteiger charge is 2.27. The van der Waals surface area contributed by atoms with E-state index in [1.54, 1.807) is 20.9 Å². The first kappa shape index (κ1) is 15.2. The summed E-state index contributed by atoms with van der Waals surface area (Å²) in [5.74, 6) is -0.516. The summed E-state index contributed by atoms with van der Waals surface area (Å²) in [6.45, 7) is 5.04. The summed E-state index contributed by atoms with van der Waals surface area (Å²) in [5, 5.41) is 0. The van der Waals surface area contributed by atoms with Gasteiger partial charge in [0.2, 0.25) is 5.91 Å². The van der Waals surface area contributed by atoms with Gasteiger partial charge in [0.1, 0.15) is 6.04 Å². The Morgan fingerprint density at radius 3 is 2.26 bits per heavy atom. The van der Waals surface area contributed by atoms with E-state index in [1.807, 2.05) is 30.3 Å². The molecule has 0 bridgehead atoms. The smallest absolute Gasteiger partial charge is 0.329 e. The molecule has 0 N–H and O–H groups in total. The van der Waals surface area contributed by atoms with E-state index in [-0.39, 0.29) is 18.0 Å². The number of hydrogen-bond donors (Lipinski definition) is 0. The summed E-state index contributed by atoms with van der Waals surface area (Å²) in [6.07, 6.45) is 0.272. The summed E-state index contributed by atoms with van der Waals surface area (Å²) >= 11 is 0. The maximum Gasteiger partial charge on any atom is 0.329 e. The van der Waals surface area contributed by atoms with Crippen molar-refractivity contribution in [2.24, 2.45) is 0 Å². The molecular weight excluding hydrogens is 242 g/mol. The van der Waals surface area contributed by atoms with Crippen molar-refractivity contribution in [3.63, 3.8) is 0 Å². The number of amides is 1. The van der Waals surface area contributed by atoms with Crippen LogP contribution in [0.3, 0.4) is 0 Å². The quantitative estimate of drug-likeness (QED) is 0.764. The Hall–Kier alpha value is -1.84. The highest BCUT2D eigenvalue weighted by Crippen LogP contribution is 2.11. The predicted octanol–water partition coefficient (Wildman–Crippen LogP) is 2.03. The number of nitrogens with zero attached hydrogens (tertiary/aromatic N) is 1. The Morgan fingerprint density at radius 2 is 1.79 bits per heavy atom. The molecule has 0 aliphatic rings. The lowest BCUT2D eigenvalue weighted by Crippen LogP contribution is -2.44.